The van der Waals surface area contributed by atoms with Gasteiger partial charge in [-0.05, 0) is 37.6 Å². The highest BCUT2D eigenvalue weighted by atomic mass is 35.5. The van der Waals surface area contributed by atoms with Crippen LogP contribution < -0.4 is 4.74 Å². The molecule has 1 unspecified atom stereocenters. The standard InChI is InChI=1S/C11H13ClO2S/c1-3-14-9-4-8(5-10(15)6-9)11(12)7(2)13/h4-6,11,15H,3H2,1-2H3. The highest BCUT2D eigenvalue weighted by Gasteiger charge is 2.14. The van der Waals surface area contributed by atoms with Gasteiger partial charge in [-0.3, -0.25) is 4.79 Å². The Morgan fingerprint density at radius 1 is 1.53 bits per heavy atom. The zero-order valence-electron chi connectivity index (χ0n) is 8.66. The second kappa shape index (κ2) is 5.42. The number of halogens is 1. The van der Waals surface area contributed by atoms with Gasteiger partial charge < -0.3 is 4.74 Å². The average molecular weight is 245 g/mol. The summed E-state index contributed by atoms with van der Waals surface area (Å²) in [4.78, 5) is 11.9. The van der Waals surface area contributed by atoms with Crippen molar-refractivity contribution in [2.24, 2.45) is 0 Å². The Labute approximate surface area is 100.0 Å². The maximum absolute atomic E-state index is 11.1. The van der Waals surface area contributed by atoms with Gasteiger partial charge in [0.1, 0.15) is 11.1 Å². The number of ether oxygens (including phenoxy) is 1. The van der Waals surface area contributed by atoms with Gasteiger partial charge in [-0.2, -0.15) is 0 Å². The molecule has 15 heavy (non-hydrogen) atoms. The fourth-order valence-corrected chi connectivity index (χ4v) is 1.64. The molecule has 0 aliphatic rings. The molecule has 0 bridgehead atoms. The van der Waals surface area contributed by atoms with Crippen LogP contribution in [0.25, 0.3) is 0 Å². The SMILES string of the molecule is CCOc1cc(S)cc(C(Cl)C(C)=O)c1. The normalized spacial score (nSPS) is 12.3. The van der Waals surface area contributed by atoms with Crippen molar-refractivity contribution < 1.29 is 9.53 Å². The zero-order valence-corrected chi connectivity index (χ0v) is 10.3. The lowest BCUT2D eigenvalue weighted by Crippen LogP contribution is -2.02. The number of hydrogen-bond acceptors (Lipinski definition) is 3. The number of ketones is 1. The molecular weight excluding hydrogens is 232 g/mol. The number of benzene rings is 1. The largest absolute Gasteiger partial charge is 0.494 e. The number of hydrogen-bond donors (Lipinski definition) is 1. The van der Waals surface area contributed by atoms with Crippen molar-refractivity contribution in [3.8, 4) is 5.75 Å². The van der Waals surface area contributed by atoms with Crippen LogP contribution in [0, 0.1) is 0 Å². The minimum Gasteiger partial charge on any atom is -0.494 e. The van der Waals surface area contributed by atoms with Gasteiger partial charge in [0.15, 0.2) is 5.78 Å². The predicted octanol–water partition coefficient (Wildman–Crippen LogP) is 3.24. The van der Waals surface area contributed by atoms with Gasteiger partial charge in [-0.25, -0.2) is 0 Å². The van der Waals surface area contributed by atoms with Crippen LogP contribution in [0.4, 0.5) is 0 Å². The Morgan fingerprint density at radius 2 is 2.20 bits per heavy atom. The van der Waals surface area contributed by atoms with Crippen LogP contribution in [0.3, 0.4) is 0 Å². The van der Waals surface area contributed by atoms with E-state index in [2.05, 4.69) is 12.6 Å². The summed E-state index contributed by atoms with van der Waals surface area (Å²) in [6.07, 6.45) is 0. The Hall–Kier alpha value is -0.670. The van der Waals surface area contributed by atoms with Gasteiger partial charge in [0.05, 0.1) is 6.61 Å². The summed E-state index contributed by atoms with van der Waals surface area (Å²) in [5, 5.41) is -0.628. The van der Waals surface area contributed by atoms with E-state index in [0.717, 1.165) is 10.5 Å². The Bertz CT molecular complexity index is 366. The van der Waals surface area contributed by atoms with E-state index in [-0.39, 0.29) is 5.78 Å². The topological polar surface area (TPSA) is 26.3 Å². The van der Waals surface area contributed by atoms with Crippen molar-refractivity contribution in [2.45, 2.75) is 24.1 Å². The molecule has 0 amide bonds. The van der Waals surface area contributed by atoms with E-state index in [1.807, 2.05) is 6.92 Å². The van der Waals surface area contributed by atoms with E-state index in [4.69, 9.17) is 16.3 Å². The van der Waals surface area contributed by atoms with Crippen molar-refractivity contribution >= 4 is 30.0 Å². The monoisotopic (exact) mass is 244 g/mol. The van der Waals surface area contributed by atoms with Gasteiger partial charge in [0.25, 0.3) is 0 Å². The molecule has 0 aliphatic heterocycles. The highest BCUT2D eigenvalue weighted by molar-refractivity contribution is 7.80. The average Bonchev–Trinajstić information content (AvgIpc) is 2.16. The number of Topliss-reactive ketones (excluding diaryl/α,β-unsaturated/α-hetero) is 1. The molecule has 1 rings (SSSR count). The molecule has 0 fully saturated rings. The first kappa shape index (κ1) is 12.4. The first-order valence-electron chi connectivity index (χ1n) is 4.66. The summed E-state index contributed by atoms with van der Waals surface area (Å²) >= 11 is 10.2. The van der Waals surface area contributed by atoms with Gasteiger partial charge in [0.2, 0.25) is 0 Å². The number of carbonyl (C=O) groups excluding carboxylic acids is 1. The molecular formula is C11H13ClO2S. The molecule has 1 aromatic carbocycles. The first-order chi connectivity index (χ1) is 7.04. The number of carbonyl (C=O) groups is 1. The maximum atomic E-state index is 11.1. The summed E-state index contributed by atoms with van der Waals surface area (Å²) in [5.74, 6) is 0.602. The summed E-state index contributed by atoms with van der Waals surface area (Å²) < 4.78 is 5.34. The van der Waals surface area contributed by atoms with E-state index >= 15 is 0 Å². The van der Waals surface area contributed by atoms with E-state index in [1.54, 1.807) is 18.2 Å². The number of rotatable bonds is 4. The third-order valence-corrected chi connectivity index (χ3v) is 2.69. The molecule has 4 heteroatoms. The third-order valence-electron chi connectivity index (χ3n) is 1.87. The molecule has 0 N–H and O–H groups in total. The number of thiol groups is 1. The fraction of sp³-hybridized carbons (Fsp3) is 0.364. The van der Waals surface area contributed by atoms with Crippen LogP contribution >= 0.6 is 24.2 Å². The highest BCUT2D eigenvalue weighted by Crippen LogP contribution is 2.28. The van der Waals surface area contributed by atoms with Crippen molar-refractivity contribution in [1.82, 2.24) is 0 Å². The molecule has 1 aromatic rings. The van der Waals surface area contributed by atoms with Crippen molar-refractivity contribution in [3.05, 3.63) is 23.8 Å². The smallest absolute Gasteiger partial charge is 0.152 e. The molecule has 0 saturated heterocycles. The van der Waals surface area contributed by atoms with Crippen LogP contribution in [-0.2, 0) is 4.79 Å². The second-order valence-electron chi connectivity index (χ2n) is 3.17. The van der Waals surface area contributed by atoms with E-state index in [1.165, 1.54) is 6.92 Å². The lowest BCUT2D eigenvalue weighted by molar-refractivity contribution is -0.116. The summed E-state index contributed by atoms with van der Waals surface area (Å²) in [7, 11) is 0. The molecule has 0 heterocycles. The van der Waals surface area contributed by atoms with E-state index < -0.39 is 5.38 Å². The van der Waals surface area contributed by atoms with Gasteiger partial charge in [-0.1, -0.05) is 0 Å². The lowest BCUT2D eigenvalue weighted by Gasteiger charge is -2.10. The molecule has 0 saturated carbocycles. The Balaban J connectivity index is 3.02. The van der Waals surface area contributed by atoms with Crippen LogP contribution in [0.15, 0.2) is 23.1 Å². The first-order valence-corrected chi connectivity index (χ1v) is 5.54. The van der Waals surface area contributed by atoms with Gasteiger partial charge in [-0.15, -0.1) is 24.2 Å². The molecule has 2 nitrogen and oxygen atoms in total. The molecule has 82 valence electrons. The van der Waals surface area contributed by atoms with Crippen LogP contribution in [0.1, 0.15) is 24.8 Å². The van der Waals surface area contributed by atoms with E-state index in [0.29, 0.717) is 12.4 Å². The second-order valence-corrected chi connectivity index (χ2v) is 4.12. The van der Waals surface area contributed by atoms with Crippen molar-refractivity contribution in [1.29, 1.82) is 0 Å². The molecule has 0 aromatic heterocycles. The Morgan fingerprint density at radius 3 is 2.73 bits per heavy atom. The van der Waals surface area contributed by atoms with Crippen LogP contribution in [0.2, 0.25) is 0 Å². The molecule has 0 spiro atoms. The Kier molecular flexibility index (Phi) is 4.48. The summed E-state index contributed by atoms with van der Waals surface area (Å²) in [5.41, 5.74) is 0.722. The predicted molar refractivity (Wildman–Crippen MR) is 64.1 cm³/mol. The summed E-state index contributed by atoms with van der Waals surface area (Å²) in [6, 6.07) is 5.33. The van der Waals surface area contributed by atoms with Crippen molar-refractivity contribution in [3.63, 3.8) is 0 Å². The quantitative estimate of drug-likeness (QED) is 0.650. The molecule has 0 radical (unpaired) electrons. The van der Waals surface area contributed by atoms with Crippen LogP contribution in [0.5, 0.6) is 5.75 Å². The van der Waals surface area contributed by atoms with Gasteiger partial charge >= 0.3 is 0 Å². The van der Waals surface area contributed by atoms with E-state index in [9.17, 15) is 4.79 Å². The molecule has 0 aliphatic carbocycles. The van der Waals surface area contributed by atoms with Gasteiger partial charge in [0, 0.05) is 4.90 Å². The molecule has 1 atom stereocenters. The minimum absolute atomic E-state index is 0.0851. The lowest BCUT2D eigenvalue weighted by atomic mass is 10.1. The maximum Gasteiger partial charge on any atom is 0.152 e. The van der Waals surface area contributed by atoms with Crippen molar-refractivity contribution in [2.75, 3.05) is 6.61 Å². The van der Waals surface area contributed by atoms with Crippen LogP contribution in [-0.4, -0.2) is 12.4 Å². The fourth-order valence-electron chi connectivity index (χ4n) is 1.24. The zero-order chi connectivity index (χ0) is 11.4. The number of alkyl halides is 1. The summed E-state index contributed by atoms with van der Waals surface area (Å²) in [6.45, 7) is 3.93. The minimum atomic E-state index is -0.628. The third kappa shape index (κ3) is 3.43.